The van der Waals surface area contributed by atoms with Gasteiger partial charge in [-0.25, -0.2) is 14.0 Å². The first-order valence-electron chi connectivity index (χ1n) is 10.1. The number of anilines is 1. The number of carbonyl (C=O) groups excluding carboxylic acids is 4. The zero-order valence-electron chi connectivity index (χ0n) is 19.2. The summed E-state index contributed by atoms with van der Waals surface area (Å²) in [5.74, 6) is -2.20. The van der Waals surface area contributed by atoms with Crippen molar-refractivity contribution in [1.29, 1.82) is 0 Å². The van der Waals surface area contributed by atoms with Crippen LogP contribution in [-0.4, -0.2) is 49.7 Å². The fourth-order valence-corrected chi connectivity index (χ4v) is 2.54. The van der Waals surface area contributed by atoms with E-state index in [4.69, 9.17) is 14.2 Å². The molecule has 3 N–H and O–H groups in total. The Morgan fingerprint density at radius 2 is 1.59 bits per heavy atom. The average molecular weight is 475 g/mol. The van der Waals surface area contributed by atoms with Gasteiger partial charge in [-0.3, -0.25) is 14.9 Å². The number of benzene rings is 2. The average Bonchev–Trinajstić information content (AvgIpc) is 2.76. The maximum absolute atomic E-state index is 12.9. The number of hydrogen-bond donors (Lipinski definition) is 3. The van der Waals surface area contributed by atoms with Crippen molar-refractivity contribution in [3.05, 3.63) is 53.8 Å². The van der Waals surface area contributed by atoms with Crippen molar-refractivity contribution in [2.24, 2.45) is 0 Å². The highest BCUT2D eigenvalue weighted by molar-refractivity contribution is 5.97. The Morgan fingerprint density at radius 1 is 0.912 bits per heavy atom. The molecule has 4 amide bonds. The van der Waals surface area contributed by atoms with E-state index in [1.807, 2.05) is 0 Å². The minimum Gasteiger partial charge on any atom is -0.493 e. The van der Waals surface area contributed by atoms with Crippen molar-refractivity contribution in [1.82, 2.24) is 10.6 Å². The minimum absolute atomic E-state index is 0.0620. The molecule has 0 saturated carbocycles. The Morgan fingerprint density at radius 3 is 2.21 bits per heavy atom. The molecule has 0 fully saturated rings. The lowest BCUT2D eigenvalue weighted by molar-refractivity contribution is -0.123. The largest absolute Gasteiger partial charge is 0.493 e. The van der Waals surface area contributed by atoms with E-state index in [0.717, 1.165) is 0 Å². The van der Waals surface area contributed by atoms with Gasteiger partial charge in [0.2, 0.25) is 0 Å². The van der Waals surface area contributed by atoms with Gasteiger partial charge in [-0.15, -0.1) is 0 Å². The van der Waals surface area contributed by atoms with Crippen molar-refractivity contribution in [2.75, 3.05) is 25.6 Å². The summed E-state index contributed by atoms with van der Waals surface area (Å²) in [5.41, 5.74) is -0.0739. The van der Waals surface area contributed by atoms with Crippen LogP contribution in [0.25, 0.3) is 0 Å². The van der Waals surface area contributed by atoms with E-state index in [-0.39, 0.29) is 23.7 Å². The molecule has 0 atom stereocenters. The number of amides is 4. The third-order valence-corrected chi connectivity index (χ3v) is 3.96. The van der Waals surface area contributed by atoms with Crippen LogP contribution < -0.4 is 25.4 Å². The maximum atomic E-state index is 12.9. The number of ether oxygens (including phenoxy) is 3. The molecule has 0 aliphatic carbocycles. The topological polar surface area (TPSA) is 132 Å². The molecule has 0 aliphatic heterocycles. The van der Waals surface area contributed by atoms with Gasteiger partial charge in [0.1, 0.15) is 5.82 Å². The molecule has 2 aromatic rings. The predicted octanol–water partition coefficient (Wildman–Crippen LogP) is 2.63. The fraction of sp³-hybridized carbons (Fsp3) is 0.304. The van der Waals surface area contributed by atoms with E-state index >= 15 is 0 Å². The molecule has 0 radical (unpaired) electrons. The summed E-state index contributed by atoms with van der Waals surface area (Å²) in [5, 5.41) is 7.14. The molecule has 11 heteroatoms. The molecule has 2 rings (SSSR count). The number of nitrogens with one attached hydrogen (secondary N) is 3. The standard InChI is InChI=1S/C23H26FN3O7/c1-23(2,3)27-22(31)26-20(29)13-34-21(30)14-5-10-17(18(11-14)32-4)33-12-19(28)25-16-8-6-15(24)7-9-16/h5-11H,12-13H2,1-4H3,(H,25,28)(H2,26,27,29,31). The molecule has 2 aromatic carbocycles. The van der Waals surface area contributed by atoms with Gasteiger partial charge in [0.05, 0.1) is 12.7 Å². The van der Waals surface area contributed by atoms with E-state index in [1.165, 1.54) is 49.6 Å². The molecular formula is C23H26FN3O7. The molecular weight excluding hydrogens is 449 g/mol. The first-order chi connectivity index (χ1) is 16.0. The predicted molar refractivity (Wildman–Crippen MR) is 120 cm³/mol. The number of esters is 1. The lowest BCUT2D eigenvalue weighted by atomic mass is 10.1. The molecule has 0 heterocycles. The molecule has 0 unspecified atom stereocenters. The quantitative estimate of drug-likeness (QED) is 0.500. The number of halogens is 1. The van der Waals surface area contributed by atoms with E-state index in [1.54, 1.807) is 20.8 Å². The number of rotatable bonds is 8. The van der Waals surface area contributed by atoms with E-state index < -0.39 is 41.8 Å². The lowest BCUT2D eigenvalue weighted by Crippen LogP contribution is -2.49. The molecule has 182 valence electrons. The van der Waals surface area contributed by atoms with Gasteiger partial charge in [-0.05, 0) is 63.2 Å². The van der Waals surface area contributed by atoms with Crippen LogP contribution in [0.15, 0.2) is 42.5 Å². The third-order valence-electron chi connectivity index (χ3n) is 3.96. The van der Waals surface area contributed by atoms with Gasteiger partial charge in [0, 0.05) is 11.2 Å². The third kappa shape index (κ3) is 8.77. The Hall–Kier alpha value is -4.15. The summed E-state index contributed by atoms with van der Waals surface area (Å²) in [4.78, 5) is 47.8. The lowest BCUT2D eigenvalue weighted by Gasteiger charge is -2.20. The minimum atomic E-state index is -0.828. The monoisotopic (exact) mass is 475 g/mol. The Balaban J connectivity index is 1.88. The maximum Gasteiger partial charge on any atom is 0.338 e. The van der Waals surface area contributed by atoms with Crippen molar-refractivity contribution < 1.29 is 37.8 Å². The number of carbonyl (C=O) groups is 4. The number of methoxy groups -OCH3 is 1. The normalized spacial score (nSPS) is 10.6. The SMILES string of the molecule is COc1cc(C(=O)OCC(=O)NC(=O)NC(C)(C)C)ccc1OCC(=O)Nc1ccc(F)cc1. The molecule has 0 saturated heterocycles. The Labute approximate surface area is 195 Å². The van der Waals surface area contributed by atoms with Crippen LogP contribution >= 0.6 is 0 Å². The Kier molecular flexibility index (Phi) is 8.94. The number of imide groups is 1. The van der Waals surface area contributed by atoms with Gasteiger partial charge < -0.3 is 24.8 Å². The molecule has 0 aromatic heterocycles. The van der Waals surface area contributed by atoms with E-state index in [9.17, 15) is 23.6 Å². The molecule has 10 nitrogen and oxygen atoms in total. The highest BCUT2D eigenvalue weighted by atomic mass is 19.1. The molecule has 0 spiro atoms. The number of hydrogen-bond acceptors (Lipinski definition) is 7. The smallest absolute Gasteiger partial charge is 0.338 e. The highest BCUT2D eigenvalue weighted by Crippen LogP contribution is 2.28. The fourth-order valence-electron chi connectivity index (χ4n) is 2.54. The second-order valence-corrected chi connectivity index (χ2v) is 8.04. The summed E-state index contributed by atoms with van der Waals surface area (Å²) in [6.45, 7) is 4.20. The second kappa shape index (κ2) is 11.6. The number of urea groups is 1. The summed E-state index contributed by atoms with van der Waals surface area (Å²) >= 11 is 0. The van der Waals surface area contributed by atoms with E-state index in [0.29, 0.717) is 5.69 Å². The summed E-state index contributed by atoms with van der Waals surface area (Å²) < 4.78 is 28.5. The van der Waals surface area contributed by atoms with Gasteiger partial charge in [0.15, 0.2) is 24.7 Å². The van der Waals surface area contributed by atoms with Crippen molar-refractivity contribution >= 4 is 29.5 Å². The molecule has 0 bridgehead atoms. The van der Waals surface area contributed by atoms with Crippen LogP contribution in [0.1, 0.15) is 31.1 Å². The van der Waals surface area contributed by atoms with E-state index in [2.05, 4.69) is 16.0 Å². The molecule has 0 aliphatic rings. The first-order valence-corrected chi connectivity index (χ1v) is 10.1. The zero-order valence-corrected chi connectivity index (χ0v) is 19.2. The van der Waals surface area contributed by atoms with Crippen LogP contribution in [-0.2, 0) is 14.3 Å². The van der Waals surface area contributed by atoms with Crippen LogP contribution in [0.3, 0.4) is 0 Å². The van der Waals surface area contributed by atoms with Gasteiger partial charge >= 0.3 is 12.0 Å². The second-order valence-electron chi connectivity index (χ2n) is 8.04. The molecule has 34 heavy (non-hydrogen) atoms. The first kappa shape index (κ1) is 26.1. The van der Waals surface area contributed by atoms with Crippen LogP contribution in [0, 0.1) is 5.82 Å². The van der Waals surface area contributed by atoms with Gasteiger partial charge in [-0.2, -0.15) is 0 Å². The van der Waals surface area contributed by atoms with Gasteiger partial charge in [0.25, 0.3) is 11.8 Å². The van der Waals surface area contributed by atoms with Crippen molar-refractivity contribution in [3.8, 4) is 11.5 Å². The summed E-state index contributed by atoms with van der Waals surface area (Å²) in [6, 6.07) is 8.61. The highest BCUT2D eigenvalue weighted by Gasteiger charge is 2.18. The van der Waals surface area contributed by atoms with Crippen molar-refractivity contribution in [3.63, 3.8) is 0 Å². The van der Waals surface area contributed by atoms with Crippen molar-refractivity contribution in [2.45, 2.75) is 26.3 Å². The van der Waals surface area contributed by atoms with Crippen LogP contribution in [0.4, 0.5) is 14.9 Å². The van der Waals surface area contributed by atoms with Crippen LogP contribution in [0.5, 0.6) is 11.5 Å². The van der Waals surface area contributed by atoms with Gasteiger partial charge in [-0.1, -0.05) is 0 Å². The Bertz CT molecular complexity index is 1050. The summed E-state index contributed by atoms with van der Waals surface area (Å²) in [6.07, 6.45) is 0. The summed E-state index contributed by atoms with van der Waals surface area (Å²) in [7, 11) is 1.34. The zero-order chi connectivity index (χ0) is 25.3. The van der Waals surface area contributed by atoms with Crippen LogP contribution in [0.2, 0.25) is 0 Å².